The Morgan fingerprint density at radius 2 is 1.98 bits per heavy atom. The second-order valence-corrected chi connectivity index (χ2v) is 11.1. The zero-order valence-electron chi connectivity index (χ0n) is 22.7. The van der Waals surface area contributed by atoms with Gasteiger partial charge in [-0.3, -0.25) is 14.5 Å². The molecule has 0 bridgehead atoms. The number of pyridine rings is 1. The molecule has 0 spiro atoms. The summed E-state index contributed by atoms with van der Waals surface area (Å²) in [6.45, 7) is 4.96. The summed E-state index contributed by atoms with van der Waals surface area (Å²) in [6.07, 6.45) is 7.24. The van der Waals surface area contributed by atoms with Gasteiger partial charge in [0.25, 0.3) is 0 Å². The zero-order chi connectivity index (χ0) is 28.5. The van der Waals surface area contributed by atoms with Gasteiger partial charge >= 0.3 is 5.76 Å². The van der Waals surface area contributed by atoms with E-state index < -0.39 is 11.9 Å². The highest BCUT2D eigenvalue weighted by Crippen LogP contribution is 2.36. The number of nitrogens with one attached hydrogen (secondary N) is 1. The van der Waals surface area contributed by atoms with Gasteiger partial charge in [-0.2, -0.15) is 0 Å². The number of ether oxygens (including phenoxy) is 1. The smallest absolute Gasteiger partial charge is 0.366 e. The summed E-state index contributed by atoms with van der Waals surface area (Å²) in [7, 11) is 0. The number of imidazole rings is 1. The van der Waals surface area contributed by atoms with Crippen molar-refractivity contribution in [3.05, 3.63) is 75.5 Å². The van der Waals surface area contributed by atoms with Crippen LogP contribution in [-0.4, -0.2) is 34.6 Å². The highest BCUT2D eigenvalue weighted by atomic mass is 35.5. The van der Waals surface area contributed by atoms with Crippen molar-refractivity contribution < 1.29 is 13.7 Å². The number of rotatable bonds is 8. The highest BCUT2D eigenvalue weighted by Gasteiger charge is 2.27. The molecule has 0 saturated heterocycles. The number of nitrogens with zero attached hydrogens (tertiary/aromatic N) is 6. The molecule has 0 radical (unpaired) electrons. The Kier molecular flexibility index (Phi) is 7.63. The van der Waals surface area contributed by atoms with Crippen LogP contribution in [-0.2, 0) is 17.9 Å². The number of halogens is 2. The van der Waals surface area contributed by atoms with Crippen molar-refractivity contribution in [2.24, 2.45) is 11.8 Å². The molecule has 1 unspecified atom stereocenters. The average Bonchev–Trinajstić information content (AvgIpc) is 3.57. The zero-order valence-corrected chi connectivity index (χ0v) is 23.4. The lowest BCUT2D eigenvalue weighted by Gasteiger charge is -2.28. The normalized spacial score (nSPS) is 18.1. The van der Waals surface area contributed by atoms with Crippen molar-refractivity contribution in [2.75, 3.05) is 0 Å². The molecule has 12 heteroatoms. The lowest BCUT2D eigenvalue weighted by atomic mass is 9.83. The van der Waals surface area contributed by atoms with E-state index in [2.05, 4.69) is 31.6 Å². The lowest BCUT2D eigenvalue weighted by molar-refractivity contribution is 0.0423. The maximum Gasteiger partial charge on any atom is 0.439 e. The summed E-state index contributed by atoms with van der Waals surface area (Å²) in [6, 6.07) is 8.32. The Morgan fingerprint density at radius 3 is 2.71 bits per heavy atom. The van der Waals surface area contributed by atoms with E-state index in [0.29, 0.717) is 57.2 Å². The number of hydrogen-bond acceptors (Lipinski definition) is 8. The Hall–Kier alpha value is -3.96. The molecule has 1 saturated carbocycles. The Labute approximate surface area is 240 Å². The number of benzene rings is 1. The molecule has 1 fully saturated rings. The average molecular weight is 578 g/mol. The molecular weight excluding hydrogens is 549 g/mol. The Morgan fingerprint density at radius 1 is 1.17 bits per heavy atom. The number of fused-ring (bicyclic) bond motifs is 1. The van der Waals surface area contributed by atoms with E-state index in [1.54, 1.807) is 36.7 Å². The van der Waals surface area contributed by atoms with Crippen LogP contribution in [0, 0.1) is 17.7 Å². The minimum atomic E-state index is -0.720. The molecule has 4 aromatic heterocycles. The van der Waals surface area contributed by atoms with Crippen LogP contribution in [0.15, 0.2) is 52.0 Å². The van der Waals surface area contributed by atoms with Gasteiger partial charge in [-0.05, 0) is 43.7 Å². The molecule has 4 heterocycles. The fraction of sp³-hybridized carbons (Fsp3) is 0.379. The SMILES string of the molecule is CC(OCc1ccccc1F)c1nc2nc(-c3noc(=O)[nH]3)nc(-c3cncc(Cl)c3)c2n1C[C@H]1CC[C@H](C)CC1. The molecule has 0 amide bonds. The molecule has 10 nitrogen and oxygen atoms in total. The van der Waals surface area contributed by atoms with Crippen molar-refractivity contribution in [1.82, 2.24) is 34.6 Å². The first kappa shape index (κ1) is 27.2. The lowest BCUT2D eigenvalue weighted by Crippen LogP contribution is -2.20. The minimum absolute atomic E-state index is 0.0781. The van der Waals surface area contributed by atoms with E-state index in [1.165, 1.54) is 6.07 Å². The maximum atomic E-state index is 14.3. The fourth-order valence-corrected chi connectivity index (χ4v) is 5.57. The van der Waals surface area contributed by atoms with E-state index in [9.17, 15) is 9.18 Å². The number of aromatic nitrogens is 7. The molecule has 1 N–H and O–H groups in total. The van der Waals surface area contributed by atoms with Gasteiger partial charge < -0.3 is 9.30 Å². The first-order valence-corrected chi connectivity index (χ1v) is 14.0. The topological polar surface area (TPSA) is 125 Å². The van der Waals surface area contributed by atoms with Gasteiger partial charge in [0.15, 0.2) is 5.65 Å². The first-order valence-electron chi connectivity index (χ1n) is 13.7. The summed E-state index contributed by atoms with van der Waals surface area (Å²) >= 11 is 6.33. The first-order chi connectivity index (χ1) is 19.9. The summed E-state index contributed by atoms with van der Waals surface area (Å²) in [5.74, 6) is 0.955. The molecule has 212 valence electrons. The third kappa shape index (κ3) is 5.77. The third-order valence-corrected chi connectivity index (χ3v) is 7.86. The summed E-state index contributed by atoms with van der Waals surface area (Å²) in [5.41, 5.74) is 2.74. The van der Waals surface area contributed by atoms with Gasteiger partial charge in [0.1, 0.15) is 29.0 Å². The summed E-state index contributed by atoms with van der Waals surface area (Å²) < 4.78 is 27.3. The van der Waals surface area contributed by atoms with Gasteiger partial charge in [-0.1, -0.05) is 54.7 Å². The quantitative estimate of drug-likeness (QED) is 0.233. The van der Waals surface area contributed by atoms with Crippen LogP contribution in [0.5, 0.6) is 0 Å². The Bertz CT molecular complexity index is 1740. The Balaban J connectivity index is 1.49. The monoisotopic (exact) mass is 577 g/mol. The molecule has 41 heavy (non-hydrogen) atoms. The van der Waals surface area contributed by atoms with Gasteiger partial charge in [-0.15, -0.1) is 0 Å². The van der Waals surface area contributed by atoms with Gasteiger partial charge in [-0.25, -0.2) is 24.1 Å². The van der Waals surface area contributed by atoms with Gasteiger partial charge in [0, 0.05) is 30.1 Å². The standard InChI is InChI=1S/C29H29ClFN7O3/c1-16-7-9-18(10-8-16)14-38-24-23(20-11-21(30)13-32-12-20)33-26(27-36-29(39)41-37-27)34-25(24)35-28(38)17(2)40-15-19-5-3-4-6-22(19)31/h3-6,11-13,16-18H,7-10,14-15H2,1-2H3,(H,36,37,39)/t16-,17?,18-. The summed E-state index contributed by atoms with van der Waals surface area (Å²) in [5, 5.41) is 4.22. The van der Waals surface area contributed by atoms with Crippen LogP contribution in [0.4, 0.5) is 4.39 Å². The number of aromatic amines is 1. The third-order valence-electron chi connectivity index (χ3n) is 7.65. The van der Waals surface area contributed by atoms with Crippen LogP contribution in [0.3, 0.4) is 0 Å². The van der Waals surface area contributed by atoms with Crippen molar-refractivity contribution in [3.8, 4) is 22.9 Å². The predicted molar refractivity (Wildman–Crippen MR) is 150 cm³/mol. The van der Waals surface area contributed by atoms with Gasteiger partial charge in [0.2, 0.25) is 11.6 Å². The molecular formula is C29H29ClFN7O3. The van der Waals surface area contributed by atoms with Crippen molar-refractivity contribution >= 4 is 22.8 Å². The molecule has 6 rings (SSSR count). The van der Waals surface area contributed by atoms with E-state index in [1.807, 2.05) is 6.92 Å². The fourth-order valence-electron chi connectivity index (χ4n) is 5.40. The number of H-pyrrole nitrogens is 1. The largest absolute Gasteiger partial charge is 0.439 e. The molecule has 1 atom stereocenters. The van der Waals surface area contributed by atoms with Crippen LogP contribution >= 0.6 is 11.6 Å². The molecule has 1 aliphatic carbocycles. The molecule has 1 aliphatic rings. The summed E-state index contributed by atoms with van der Waals surface area (Å²) in [4.78, 5) is 32.8. The van der Waals surface area contributed by atoms with Crippen LogP contribution in [0.1, 0.15) is 57.0 Å². The van der Waals surface area contributed by atoms with Crippen LogP contribution < -0.4 is 5.76 Å². The van der Waals surface area contributed by atoms with Crippen molar-refractivity contribution in [3.63, 3.8) is 0 Å². The second-order valence-electron chi connectivity index (χ2n) is 10.7. The van der Waals surface area contributed by atoms with E-state index in [0.717, 1.165) is 25.7 Å². The van der Waals surface area contributed by atoms with Gasteiger partial charge in [0.05, 0.1) is 11.6 Å². The number of hydrogen-bond donors (Lipinski definition) is 1. The molecule has 1 aromatic carbocycles. The highest BCUT2D eigenvalue weighted by molar-refractivity contribution is 6.30. The van der Waals surface area contributed by atoms with Crippen LogP contribution in [0.2, 0.25) is 5.02 Å². The maximum absolute atomic E-state index is 14.3. The predicted octanol–water partition coefficient (Wildman–Crippen LogP) is 6.13. The second kappa shape index (κ2) is 11.5. The molecule has 0 aliphatic heterocycles. The molecule has 5 aromatic rings. The van der Waals surface area contributed by atoms with E-state index in [4.69, 9.17) is 30.8 Å². The van der Waals surface area contributed by atoms with Crippen molar-refractivity contribution in [1.29, 1.82) is 0 Å². The van der Waals surface area contributed by atoms with Crippen LogP contribution in [0.25, 0.3) is 34.1 Å². The van der Waals surface area contributed by atoms with E-state index in [-0.39, 0.29) is 24.1 Å². The van der Waals surface area contributed by atoms with Crippen molar-refractivity contribution in [2.45, 2.75) is 58.8 Å². The minimum Gasteiger partial charge on any atom is -0.366 e. The van der Waals surface area contributed by atoms with E-state index >= 15 is 0 Å².